The summed E-state index contributed by atoms with van der Waals surface area (Å²) in [6.45, 7) is 1.92. The number of pyridine rings is 1. The zero-order valence-electron chi connectivity index (χ0n) is 10.0. The molecule has 0 amide bonds. The monoisotopic (exact) mass is 248 g/mol. The van der Waals surface area contributed by atoms with E-state index in [4.69, 9.17) is 5.73 Å². The average Bonchev–Trinajstić information content (AvgIpc) is 2.34. The third kappa shape index (κ3) is 2.71. The van der Waals surface area contributed by atoms with Crippen molar-refractivity contribution in [2.75, 3.05) is 0 Å². The van der Waals surface area contributed by atoms with Gasteiger partial charge in [-0.1, -0.05) is 6.07 Å². The van der Waals surface area contributed by atoms with Crippen molar-refractivity contribution in [3.05, 3.63) is 65.0 Å². The molecular weight excluding hydrogens is 234 g/mol. The Hall–Kier alpha value is -1.81. The van der Waals surface area contributed by atoms with Gasteiger partial charge in [-0.2, -0.15) is 0 Å². The molecule has 0 bridgehead atoms. The molecule has 0 radical (unpaired) electrons. The lowest BCUT2D eigenvalue weighted by Crippen LogP contribution is -2.15. The minimum absolute atomic E-state index is 0.252. The van der Waals surface area contributed by atoms with Gasteiger partial charge in [-0.25, -0.2) is 8.78 Å². The summed E-state index contributed by atoms with van der Waals surface area (Å²) in [7, 11) is 0. The van der Waals surface area contributed by atoms with Crippen LogP contribution in [0.2, 0.25) is 0 Å². The van der Waals surface area contributed by atoms with Gasteiger partial charge in [0.2, 0.25) is 0 Å². The Bertz CT molecular complexity index is 555. The molecule has 2 nitrogen and oxygen atoms in total. The van der Waals surface area contributed by atoms with Crippen LogP contribution in [0.5, 0.6) is 0 Å². The van der Waals surface area contributed by atoms with Crippen molar-refractivity contribution >= 4 is 0 Å². The number of nitrogens with two attached hydrogens (primary N) is 1. The molecule has 0 saturated heterocycles. The lowest BCUT2D eigenvalue weighted by atomic mass is 9.97. The molecule has 2 rings (SSSR count). The summed E-state index contributed by atoms with van der Waals surface area (Å²) < 4.78 is 25.9. The van der Waals surface area contributed by atoms with E-state index < -0.39 is 11.6 Å². The second-order valence-electron chi connectivity index (χ2n) is 4.29. The largest absolute Gasteiger partial charge is 0.324 e. The van der Waals surface area contributed by atoms with Crippen LogP contribution >= 0.6 is 0 Å². The van der Waals surface area contributed by atoms with E-state index in [2.05, 4.69) is 4.98 Å². The number of aryl methyl sites for hydroxylation is 1. The number of nitrogens with zero attached hydrogens (tertiary/aromatic N) is 1. The van der Waals surface area contributed by atoms with Gasteiger partial charge in [0.25, 0.3) is 0 Å². The molecule has 2 N–H and O–H groups in total. The molecule has 0 saturated carbocycles. The number of hydrogen-bond donors (Lipinski definition) is 1. The maximum atomic E-state index is 13.1. The van der Waals surface area contributed by atoms with E-state index in [-0.39, 0.29) is 6.04 Å². The first-order chi connectivity index (χ1) is 8.58. The predicted octanol–water partition coefficient (Wildman–Crippen LogP) is 2.91. The minimum atomic E-state index is -0.842. The van der Waals surface area contributed by atoms with Gasteiger partial charge in [-0.3, -0.25) is 4.98 Å². The maximum Gasteiger partial charge on any atom is 0.159 e. The molecule has 0 aliphatic carbocycles. The second-order valence-corrected chi connectivity index (χ2v) is 4.29. The Labute approximate surface area is 104 Å². The molecule has 0 aliphatic heterocycles. The SMILES string of the molecule is Cc1cnccc1C(N)Cc1ccc(F)c(F)c1. The van der Waals surface area contributed by atoms with Crippen molar-refractivity contribution in [2.24, 2.45) is 5.73 Å². The second kappa shape index (κ2) is 5.23. The van der Waals surface area contributed by atoms with Crippen molar-refractivity contribution in [1.29, 1.82) is 0 Å². The summed E-state index contributed by atoms with van der Waals surface area (Å²) in [5.74, 6) is -1.68. The van der Waals surface area contributed by atoms with E-state index in [1.807, 2.05) is 13.0 Å². The lowest BCUT2D eigenvalue weighted by molar-refractivity contribution is 0.506. The number of benzene rings is 1. The van der Waals surface area contributed by atoms with Gasteiger partial charge in [0.05, 0.1) is 0 Å². The van der Waals surface area contributed by atoms with E-state index in [1.165, 1.54) is 6.07 Å². The Kier molecular flexibility index (Phi) is 3.67. The zero-order chi connectivity index (χ0) is 13.1. The van der Waals surface area contributed by atoms with Gasteiger partial charge in [0, 0.05) is 18.4 Å². The van der Waals surface area contributed by atoms with Crippen molar-refractivity contribution in [3.8, 4) is 0 Å². The van der Waals surface area contributed by atoms with Crippen LogP contribution in [0.4, 0.5) is 8.78 Å². The first kappa shape index (κ1) is 12.6. The highest BCUT2D eigenvalue weighted by Crippen LogP contribution is 2.19. The summed E-state index contributed by atoms with van der Waals surface area (Å²) >= 11 is 0. The van der Waals surface area contributed by atoms with Crippen LogP contribution in [0.3, 0.4) is 0 Å². The highest BCUT2D eigenvalue weighted by molar-refractivity contribution is 5.28. The minimum Gasteiger partial charge on any atom is -0.324 e. The van der Waals surface area contributed by atoms with Crippen LogP contribution in [0.25, 0.3) is 0 Å². The zero-order valence-corrected chi connectivity index (χ0v) is 10.0. The molecule has 2 aromatic rings. The molecule has 0 spiro atoms. The standard InChI is InChI=1S/C14H14F2N2/c1-9-8-18-5-4-11(9)14(17)7-10-2-3-12(15)13(16)6-10/h2-6,8,14H,7,17H2,1H3. The quantitative estimate of drug-likeness (QED) is 0.907. The summed E-state index contributed by atoms with van der Waals surface area (Å²) in [5, 5.41) is 0. The smallest absolute Gasteiger partial charge is 0.159 e. The molecular formula is C14H14F2N2. The van der Waals surface area contributed by atoms with Crippen LogP contribution < -0.4 is 5.73 Å². The van der Waals surface area contributed by atoms with E-state index in [0.29, 0.717) is 12.0 Å². The Morgan fingerprint density at radius 3 is 2.67 bits per heavy atom. The van der Waals surface area contributed by atoms with Gasteiger partial charge in [0.15, 0.2) is 11.6 Å². The van der Waals surface area contributed by atoms with Crippen molar-refractivity contribution in [1.82, 2.24) is 4.98 Å². The topological polar surface area (TPSA) is 38.9 Å². The van der Waals surface area contributed by atoms with Gasteiger partial charge >= 0.3 is 0 Å². The fourth-order valence-corrected chi connectivity index (χ4v) is 1.93. The molecule has 1 heterocycles. The Balaban J connectivity index is 2.19. The Morgan fingerprint density at radius 2 is 2.00 bits per heavy atom. The molecule has 1 unspecified atom stereocenters. The molecule has 4 heteroatoms. The number of hydrogen-bond acceptors (Lipinski definition) is 2. The van der Waals surface area contributed by atoms with Gasteiger partial charge in [0.1, 0.15) is 0 Å². The molecule has 1 aromatic carbocycles. The van der Waals surface area contributed by atoms with Gasteiger partial charge in [-0.05, 0) is 48.2 Å². The van der Waals surface area contributed by atoms with Crippen LogP contribution in [0.15, 0.2) is 36.7 Å². The van der Waals surface area contributed by atoms with E-state index >= 15 is 0 Å². The first-order valence-corrected chi connectivity index (χ1v) is 5.68. The van der Waals surface area contributed by atoms with E-state index in [1.54, 1.807) is 18.5 Å². The molecule has 0 aliphatic rings. The van der Waals surface area contributed by atoms with Crippen molar-refractivity contribution in [2.45, 2.75) is 19.4 Å². The molecule has 0 fully saturated rings. The van der Waals surface area contributed by atoms with Crippen LogP contribution in [0, 0.1) is 18.6 Å². The maximum absolute atomic E-state index is 13.1. The fraction of sp³-hybridized carbons (Fsp3) is 0.214. The van der Waals surface area contributed by atoms with Crippen molar-refractivity contribution < 1.29 is 8.78 Å². The Morgan fingerprint density at radius 1 is 1.22 bits per heavy atom. The summed E-state index contributed by atoms with van der Waals surface area (Å²) in [6.07, 6.45) is 3.87. The highest BCUT2D eigenvalue weighted by atomic mass is 19.2. The van der Waals surface area contributed by atoms with Crippen LogP contribution in [-0.4, -0.2) is 4.98 Å². The van der Waals surface area contributed by atoms with Crippen LogP contribution in [0.1, 0.15) is 22.7 Å². The average molecular weight is 248 g/mol. The summed E-state index contributed by atoms with van der Waals surface area (Å²) in [6, 6.07) is 5.45. The van der Waals surface area contributed by atoms with E-state index in [0.717, 1.165) is 17.2 Å². The molecule has 94 valence electrons. The van der Waals surface area contributed by atoms with E-state index in [9.17, 15) is 8.78 Å². The fourth-order valence-electron chi connectivity index (χ4n) is 1.93. The van der Waals surface area contributed by atoms with Gasteiger partial charge in [-0.15, -0.1) is 0 Å². The third-order valence-electron chi connectivity index (χ3n) is 2.90. The normalized spacial score (nSPS) is 12.4. The first-order valence-electron chi connectivity index (χ1n) is 5.68. The lowest BCUT2D eigenvalue weighted by Gasteiger charge is -2.14. The molecule has 18 heavy (non-hydrogen) atoms. The predicted molar refractivity (Wildman–Crippen MR) is 66.0 cm³/mol. The highest BCUT2D eigenvalue weighted by Gasteiger charge is 2.11. The number of aromatic nitrogens is 1. The van der Waals surface area contributed by atoms with Crippen molar-refractivity contribution in [3.63, 3.8) is 0 Å². The van der Waals surface area contributed by atoms with Crippen LogP contribution in [-0.2, 0) is 6.42 Å². The number of halogens is 2. The number of rotatable bonds is 3. The molecule has 1 aromatic heterocycles. The van der Waals surface area contributed by atoms with Gasteiger partial charge < -0.3 is 5.73 Å². The molecule has 1 atom stereocenters. The summed E-state index contributed by atoms with van der Waals surface area (Å²) in [4.78, 5) is 3.99. The summed E-state index contributed by atoms with van der Waals surface area (Å²) in [5.41, 5.74) is 8.71. The third-order valence-corrected chi connectivity index (χ3v) is 2.90.